The molecule has 0 spiro atoms. The van der Waals surface area contributed by atoms with Gasteiger partial charge in [0.15, 0.2) is 0 Å². The molecule has 0 aromatic heterocycles. The molecule has 1 aliphatic carbocycles. The summed E-state index contributed by atoms with van der Waals surface area (Å²) in [4.78, 5) is 2.59. The zero-order valence-corrected chi connectivity index (χ0v) is 12.3. The molecule has 1 heterocycles. The normalized spacial score (nSPS) is 30.3. The van der Waals surface area contributed by atoms with E-state index in [1.807, 2.05) is 12.1 Å². The molecule has 2 N–H and O–H groups in total. The molecular formula is C16H23ClN2. The largest absolute Gasteiger partial charge is 0.327 e. The van der Waals surface area contributed by atoms with Gasteiger partial charge in [0, 0.05) is 30.2 Å². The van der Waals surface area contributed by atoms with Gasteiger partial charge in [0.2, 0.25) is 0 Å². The van der Waals surface area contributed by atoms with Crippen LogP contribution in [0, 0.1) is 5.92 Å². The monoisotopic (exact) mass is 278 g/mol. The molecule has 3 atom stereocenters. The van der Waals surface area contributed by atoms with Gasteiger partial charge in [-0.1, -0.05) is 23.7 Å². The molecule has 3 rings (SSSR count). The first kappa shape index (κ1) is 13.4. The van der Waals surface area contributed by atoms with Gasteiger partial charge in [-0.05, 0) is 55.7 Å². The van der Waals surface area contributed by atoms with Crippen molar-refractivity contribution in [2.24, 2.45) is 11.7 Å². The molecule has 19 heavy (non-hydrogen) atoms. The number of likely N-dealkylation sites (tertiary alicyclic amines) is 1. The summed E-state index contributed by atoms with van der Waals surface area (Å²) in [6.45, 7) is 4.55. The standard InChI is InChI=1S/C16H23ClN2/c1-11(12-5-6-12)19-9-14(8-16(18)10-19)13-3-2-4-15(17)7-13/h2-4,7,11-12,14,16H,5-6,8-10,18H2,1H3. The molecule has 3 unspecified atom stereocenters. The zero-order chi connectivity index (χ0) is 13.4. The Morgan fingerprint density at radius 3 is 2.79 bits per heavy atom. The Kier molecular flexibility index (Phi) is 3.84. The number of benzene rings is 1. The van der Waals surface area contributed by atoms with Gasteiger partial charge in [-0.25, -0.2) is 0 Å². The van der Waals surface area contributed by atoms with E-state index < -0.39 is 0 Å². The highest BCUT2D eigenvalue weighted by Gasteiger charge is 2.36. The molecule has 0 amide bonds. The Labute approximate surface area is 120 Å². The summed E-state index contributed by atoms with van der Waals surface area (Å²) < 4.78 is 0. The van der Waals surface area contributed by atoms with Crippen molar-refractivity contribution in [1.29, 1.82) is 0 Å². The second-order valence-corrected chi connectivity index (χ2v) is 6.72. The van der Waals surface area contributed by atoms with E-state index in [0.29, 0.717) is 18.0 Å². The number of halogens is 1. The van der Waals surface area contributed by atoms with Crippen molar-refractivity contribution < 1.29 is 0 Å². The van der Waals surface area contributed by atoms with Gasteiger partial charge >= 0.3 is 0 Å². The summed E-state index contributed by atoms with van der Waals surface area (Å²) in [5.74, 6) is 1.44. The molecule has 0 radical (unpaired) electrons. The molecule has 1 aromatic carbocycles. The number of rotatable bonds is 3. The van der Waals surface area contributed by atoms with Crippen LogP contribution in [-0.2, 0) is 0 Å². The van der Waals surface area contributed by atoms with Crippen molar-refractivity contribution in [2.45, 2.75) is 44.2 Å². The molecule has 2 nitrogen and oxygen atoms in total. The van der Waals surface area contributed by atoms with Crippen LogP contribution in [0.25, 0.3) is 0 Å². The van der Waals surface area contributed by atoms with E-state index >= 15 is 0 Å². The number of nitrogens with zero attached hydrogens (tertiary/aromatic N) is 1. The molecule has 0 bridgehead atoms. The van der Waals surface area contributed by atoms with Gasteiger partial charge in [-0.3, -0.25) is 4.90 Å². The van der Waals surface area contributed by atoms with Gasteiger partial charge in [0.1, 0.15) is 0 Å². The Hall–Kier alpha value is -0.570. The van der Waals surface area contributed by atoms with E-state index in [-0.39, 0.29) is 0 Å². The van der Waals surface area contributed by atoms with E-state index in [4.69, 9.17) is 17.3 Å². The summed E-state index contributed by atoms with van der Waals surface area (Å²) >= 11 is 6.11. The lowest BCUT2D eigenvalue weighted by molar-refractivity contribution is 0.130. The summed E-state index contributed by atoms with van der Waals surface area (Å²) in [6.07, 6.45) is 3.87. The first-order valence-corrected chi connectivity index (χ1v) is 7.76. The average Bonchev–Trinajstić information content (AvgIpc) is 3.21. The molecule has 1 saturated carbocycles. The summed E-state index contributed by atoms with van der Waals surface area (Å²) in [5, 5.41) is 0.832. The maximum absolute atomic E-state index is 6.27. The molecular weight excluding hydrogens is 256 g/mol. The lowest BCUT2D eigenvalue weighted by Crippen LogP contribution is -2.50. The quantitative estimate of drug-likeness (QED) is 0.920. The highest BCUT2D eigenvalue weighted by atomic mass is 35.5. The fourth-order valence-electron chi connectivity index (χ4n) is 3.38. The first-order chi connectivity index (χ1) is 9.13. The van der Waals surface area contributed by atoms with Gasteiger partial charge in [-0.15, -0.1) is 0 Å². The van der Waals surface area contributed by atoms with Crippen molar-refractivity contribution in [3.8, 4) is 0 Å². The average molecular weight is 279 g/mol. The Morgan fingerprint density at radius 2 is 2.11 bits per heavy atom. The number of piperidine rings is 1. The topological polar surface area (TPSA) is 29.3 Å². The van der Waals surface area contributed by atoms with Crippen LogP contribution >= 0.6 is 11.6 Å². The first-order valence-electron chi connectivity index (χ1n) is 7.38. The number of hydrogen-bond donors (Lipinski definition) is 1. The zero-order valence-electron chi connectivity index (χ0n) is 11.6. The van der Waals surface area contributed by atoms with Gasteiger partial charge in [0.25, 0.3) is 0 Å². The van der Waals surface area contributed by atoms with E-state index in [0.717, 1.165) is 30.5 Å². The van der Waals surface area contributed by atoms with E-state index in [1.54, 1.807) is 0 Å². The van der Waals surface area contributed by atoms with Crippen LogP contribution in [0.1, 0.15) is 37.7 Å². The lowest BCUT2D eigenvalue weighted by Gasteiger charge is -2.40. The maximum Gasteiger partial charge on any atom is 0.0408 e. The second-order valence-electron chi connectivity index (χ2n) is 6.28. The van der Waals surface area contributed by atoms with Crippen LogP contribution in [0.2, 0.25) is 5.02 Å². The van der Waals surface area contributed by atoms with Crippen LogP contribution in [-0.4, -0.2) is 30.1 Å². The molecule has 2 aliphatic rings. The molecule has 104 valence electrons. The predicted molar refractivity (Wildman–Crippen MR) is 80.5 cm³/mol. The Balaban J connectivity index is 1.74. The number of nitrogens with two attached hydrogens (primary N) is 1. The van der Waals surface area contributed by atoms with Gasteiger partial charge < -0.3 is 5.73 Å². The van der Waals surface area contributed by atoms with Crippen molar-refractivity contribution in [1.82, 2.24) is 4.90 Å². The van der Waals surface area contributed by atoms with Crippen LogP contribution in [0.3, 0.4) is 0 Å². The minimum Gasteiger partial charge on any atom is -0.327 e. The van der Waals surface area contributed by atoms with Crippen molar-refractivity contribution in [2.75, 3.05) is 13.1 Å². The smallest absolute Gasteiger partial charge is 0.0408 e. The third-order valence-corrected chi connectivity index (χ3v) is 4.95. The highest BCUT2D eigenvalue weighted by molar-refractivity contribution is 6.30. The van der Waals surface area contributed by atoms with E-state index in [2.05, 4.69) is 24.0 Å². The summed E-state index contributed by atoms with van der Waals surface area (Å²) in [7, 11) is 0. The SMILES string of the molecule is CC(C1CC1)N1CC(N)CC(c2cccc(Cl)c2)C1. The Morgan fingerprint density at radius 1 is 1.32 bits per heavy atom. The van der Waals surface area contributed by atoms with Crippen LogP contribution in [0.5, 0.6) is 0 Å². The third-order valence-electron chi connectivity index (χ3n) is 4.71. The van der Waals surface area contributed by atoms with Crippen LogP contribution < -0.4 is 5.73 Å². The van der Waals surface area contributed by atoms with Crippen molar-refractivity contribution in [3.63, 3.8) is 0 Å². The van der Waals surface area contributed by atoms with E-state index in [9.17, 15) is 0 Å². The summed E-state index contributed by atoms with van der Waals surface area (Å²) in [6, 6.07) is 9.26. The summed E-state index contributed by atoms with van der Waals surface area (Å²) in [5.41, 5.74) is 7.62. The molecule has 1 aliphatic heterocycles. The van der Waals surface area contributed by atoms with Crippen LogP contribution in [0.4, 0.5) is 0 Å². The van der Waals surface area contributed by atoms with Crippen LogP contribution in [0.15, 0.2) is 24.3 Å². The second kappa shape index (κ2) is 5.43. The van der Waals surface area contributed by atoms with E-state index in [1.165, 1.54) is 18.4 Å². The molecule has 1 saturated heterocycles. The van der Waals surface area contributed by atoms with Crippen molar-refractivity contribution in [3.05, 3.63) is 34.9 Å². The minimum atomic E-state index is 0.291. The van der Waals surface area contributed by atoms with Crippen molar-refractivity contribution >= 4 is 11.6 Å². The minimum absolute atomic E-state index is 0.291. The predicted octanol–water partition coefficient (Wildman–Crippen LogP) is 3.26. The molecule has 2 fully saturated rings. The van der Waals surface area contributed by atoms with Gasteiger partial charge in [0.05, 0.1) is 0 Å². The third kappa shape index (κ3) is 3.13. The fraction of sp³-hybridized carbons (Fsp3) is 0.625. The van der Waals surface area contributed by atoms with Gasteiger partial charge in [-0.2, -0.15) is 0 Å². The fourth-order valence-corrected chi connectivity index (χ4v) is 3.58. The number of hydrogen-bond acceptors (Lipinski definition) is 2. The molecule has 3 heteroatoms. The maximum atomic E-state index is 6.27. The highest BCUT2D eigenvalue weighted by Crippen LogP contribution is 2.38. The molecule has 1 aromatic rings. The Bertz CT molecular complexity index is 444. The lowest BCUT2D eigenvalue weighted by atomic mass is 9.87.